The Kier molecular flexibility index (Phi) is 10.4. The summed E-state index contributed by atoms with van der Waals surface area (Å²) in [6.45, 7) is 5.65. The molecular formula is C31H45N3O3S. The Morgan fingerprint density at radius 1 is 1.08 bits per heavy atom. The molecule has 1 unspecified atom stereocenters. The van der Waals surface area contributed by atoms with Gasteiger partial charge in [0.2, 0.25) is 5.91 Å². The van der Waals surface area contributed by atoms with E-state index in [-0.39, 0.29) is 11.2 Å². The molecule has 4 rings (SSSR count). The predicted octanol–water partition coefficient (Wildman–Crippen LogP) is 6.30. The summed E-state index contributed by atoms with van der Waals surface area (Å²) in [5.41, 5.74) is 2.19. The van der Waals surface area contributed by atoms with Gasteiger partial charge >= 0.3 is 0 Å². The Morgan fingerprint density at radius 3 is 2.63 bits per heavy atom. The highest BCUT2D eigenvalue weighted by atomic mass is 32.2. The Morgan fingerprint density at radius 2 is 1.87 bits per heavy atom. The van der Waals surface area contributed by atoms with Gasteiger partial charge in [-0.15, -0.1) is 11.8 Å². The fraction of sp³-hybridized carbons (Fsp3) is 0.581. The van der Waals surface area contributed by atoms with E-state index >= 15 is 0 Å². The Balaban J connectivity index is 1.43. The van der Waals surface area contributed by atoms with Crippen LogP contribution >= 0.6 is 11.8 Å². The second kappa shape index (κ2) is 13.7. The van der Waals surface area contributed by atoms with Gasteiger partial charge in [0.15, 0.2) is 0 Å². The molecule has 1 heterocycles. The van der Waals surface area contributed by atoms with Gasteiger partial charge in [-0.25, -0.2) is 0 Å². The summed E-state index contributed by atoms with van der Waals surface area (Å²) in [6.07, 6.45) is 9.56. The number of nitrogens with one attached hydrogen (secondary N) is 1. The van der Waals surface area contributed by atoms with Gasteiger partial charge in [-0.3, -0.25) is 4.79 Å². The first-order valence-corrected chi connectivity index (χ1v) is 15.1. The molecule has 38 heavy (non-hydrogen) atoms. The second-order valence-corrected chi connectivity index (χ2v) is 12.3. The van der Waals surface area contributed by atoms with Crippen molar-refractivity contribution in [2.45, 2.75) is 74.0 Å². The summed E-state index contributed by atoms with van der Waals surface area (Å²) in [7, 11) is 5.80. The van der Waals surface area contributed by atoms with Crippen LogP contribution < -0.4 is 19.7 Å². The molecule has 1 N–H and O–H groups in total. The number of fused-ring (bicyclic) bond motifs is 1. The van der Waals surface area contributed by atoms with Gasteiger partial charge in [0, 0.05) is 22.5 Å². The molecular weight excluding hydrogens is 494 g/mol. The highest BCUT2D eigenvalue weighted by molar-refractivity contribution is 8.00. The minimum atomic E-state index is -0.373. The number of hydrogen-bond acceptors (Lipinski definition) is 6. The zero-order chi connectivity index (χ0) is 27.0. The first-order valence-electron chi connectivity index (χ1n) is 14.2. The van der Waals surface area contributed by atoms with Gasteiger partial charge in [-0.2, -0.15) is 0 Å². The van der Waals surface area contributed by atoms with E-state index in [1.165, 1.54) is 32.1 Å². The second-order valence-electron chi connectivity index (χ2n) is 11.1. The van der Waals surface area contributed by atoms with Crippen molar-refractivity contribution in [3.8, 4) is 11.5 Å². The normalized spacial score (nSPS) is 18.9. The summed E-state index contributed by atoms with van der Waals surface area (Å²) in [5.74, 6) is 1.62. The average Bonchev–Trinajstić information content (AvgIpc) is 2.92. The van der Waals surface area contributed by atoms with Crippen LogP contribution in [0.1, 0.15) is 69.1 Å². The Labute approximate surface area is 233 Å². The number of rotatable bonds is 13. The molecule has 1 aliphatic carbocycles. The zero-order valence-corrected chi connectivity index (χ0v) is 24.4. The number of para-hydroxylation sites is 1. The minimum absolute atomic E-state index is 0.107. The average molecular weight is 540 g/mol. The fourth-order valence-corrected chi connectivity index (χ4v) is 6.74. The van der Waals surface area contributed by atoms with Gasteiger partial charge in [0.1, 0.15) is 16.7 Å². The van der Waals surface area contributed by atoms with Gasteiger partial charge < -0.3 is 24.6 Å². The molecule has 7 heteroatoms. The zero-order valence-electron chi connectivity index (χ0n) is 23.6. The summed E-state index contributed by atoms with van der Waals surface area (Å²) in [6, 6.07) is 14.1. The molecule has 2 aromatic carbocycles. The van der Waals surface area contributed by atoms with E-state index in [0.29, 0.717) is 18.7 Å². The van der Waals surface area contributed by atoms with E-state index < -0.39 is 0 Å². The lowest BCUT2D eigenvalue weighted by atomic mass is 9.83. The number of benzene rings is 2. The fourth-order valence-electron chi connectivity index (χ4n) is 5.49. The van der Waals surface area contributed by atoms with Crippen LogP contribution in [0.2, 0.25) is 0 Å². The first-order chi connectivity index (χ1) is 18.4. The summed E-state index contributed by atoms with van der Waals surface area (Å²) >= 11 is 1.61. The quantitative estimate of drug-likeness (QED) is 0.302. The summed E-state index contributed by atoms with van der Waals surface area (Å²) in [4.78, 5) is 19.1. The molecule has 0 bridgehead atoms. The van der Waals surface area contributed by atoms with Crippen LogP contribution in [0.25, 0.3) is 0 Å². The van der Waals surface area contributed by atoms with Crippen LogP contribution in [0.4, 0.5) is 5.69 Å². The van der Waals surface area contributed by atoms with Crippen LogP contribution in [0.3, 0.4) is 0 Å². The maximum absolute atomic E-state index is 13.9. The third kappa shape index (κ3) is 7.45. The molecule has 2 aliphatic rings. The van der Waals surface area contributed by atoms with E-state index in [2.05, 4.69) is 43.4 Å². The topological polar surface area (TPSA) is 54.0 Å². The van der Waals surface area contributed by atoms with Crippen molar-refractivity contribution < 1.29 is 14.3 Å². The number of carbonyl (C=O) groups is 1. The number of unbranched alkanes of at least 4 members (excludes halogenated alkanes) is 1. The van der Waals surface area contributed by atoms with E-state index in [9.17, 15) is 4.79 Å². The third-order valence-corrected chi connectivity index (χ3v) is 9.01. The van der Waals surface area contributed by atoms with E-state index in [1.807, 2.05) is 35.2 Å². The number of anilines is 1. The lowest BCUT2D eigenvalue weighted by Crippen LogP contribution is -2.44. The van der Waals surface area contributed by atoms with Crippen LogP contribution in [0.5, 0.6) is 11.5 Å². The monoisotopic (exact) mass is 539 g/mol. The minimum Gasteiger partial charge on any atom is -0.497 e. The molecule has 6 nitrogen and oxygen atoms in total. The highest BCUT2D eigenvalue weighted by Crippen LogP contribution is 2.49. The van der Waals surface area contributed by atoms with Gasteiger partial charge in [-0.05, 0) is 96.5 Å². The van der Waals surface area contributed by atoms with E-state index in [4.69, 9.17) is 9.47 Å². The molecule has 1 amide bonds. The predicted molar refractivity (Wildman–Crippen MR) is 158 cm³/mol. The SMILES string of the molecule is COc1ccc(OCCCCNC2(C)CCCCC2)c(C2Sc3ccccc3N(CCCN(C)C)C2=O)c1. The lowest BCUT2D eigenvalue weighted by Gasteiger charge is -2.35. The maximum atomic E-state index is 13.9. The van der Waals surface area contributed by atoms with Gasteiger partial charge in [0.05, 0.1) is 19.4 Å². The number of ether oxygens (including phenoxy) is 2. The van der Waals surface area contributed by atoms with Crippen molar-refractivity contribution >= 4 is 23.4 Å². The first kappa shape index (κ1) is 28.8. The molecule has 0 aromatic heterocycles. The van der Waals surface area contributed by atoms with Crippen LogP contribution in [0.15, 0.2) is 47.4 Å². The van der Waals surface area contributed by atoms with Gasteiger partial charge in [-0.1, -0.05) is 31.4 Å². The van der Waals surface area contributed by atoms with Crippen LogP contribution in [-0.4, -0.2) is 63.8 Å². The Hall–Kier alpha value is -2.22. The Bertz CT molecular complexity index is 1050. The van der Waals surface area contributed by atoms with Crippen molar-refractivity contribution in [3.05, 3.63) is 48.0 Å². The molecule has 0 radical (unpaired) electrons. The molecule has 2 aromatic rings. The molecule has 1 aliphatic heterocycles. The highest BCUT2D eigenvalue weighted by Gasteiger charge is 2.36. The maximum Gasteiger partial charge on any atom is 0.245 e. The smallest absolute Gasteiger partial charge is 0.245 e. The molecule has 1 atom stereocenters. The lowest BCUT2D eigenvalue weighted by molar-refractivity contribution is -0.118. The molecule has 0 spiro atoms. The number of hydrogen-bond donors (Lipinski definition) is 1. The number of thioether (sulfide) groups is 1. The third-order valence-electron chi connectivity index (χ3n) is 7.72. The summed E-state index contributed by atoms with van der Waals surface area (Å²) < 4.78 is 11.9. The number of methoxy groups -OCH3 is 1. The van der Waals surface area contributed by atoms with Crippen molar-refractivity contribution in [1.82, 2.24) is 10.2 Å². The summed E-state index contributed by atoms with van der Waals surface area (Å²) in [5, 5.41) is 3.42. The van der Waals surface area contributed by atoms with Crippen molar-refractivity contribution in [2.75, 3.05) is 52.3 Å². The molecule has 1 fully saturated rings. The largest absolute Gasteiger partial charge is 0.497 e. The molecule has 0 saturated heterocycles. The molecule has 208 valence electrons. The number of nitrogens with zero attached hydrogens (tertiary/aromatic N) is 2. The van der Waals surface area contributed by atoms with Gasteiger partial charge in [0.25, 0.3) is 0 Å². The van der Waals surface area contributed by atoms with Crippen molar-refractivity contribution in [1.29, 1.82) is 0 Å². The van der Waals surface area contributed by atoms with Crippen LogP contribution in [0, 0.1) is 0 Å². The number of amides is 1. The number of carbonyl (C=O) groups excluding carboxylic acids is 1. The van der Waals surface area contributed by atoms with E-state index in [1.54, 1.807) is 18.9 Å². The molecule has 1 saturated carbocycles. The van der Waals surface area contributed by atoms with E-state index in [0.717, 1.165) is 60.0 Å². The van der Waals surface area contributed by atoms with Crippen molar-refractivity contribution in [2.24, 2.45) is 0 Å². The van der Waals surface area contributed by atoms with Crippen LogP contribution in [-0.2, 0) is 4.79 Å². The standard InChI is InChI=1S/C31H45N3O3S/c1-31(17-8-5-9-18-31)32-19-10-11-22-37-27-16-15-24(36-4)23-25(27)29-30(35)34(21-12-20-33(2)3)26-13-6-7-14-28(26)38-29/h6-7,13-16,23,29,32H,5,8-12,17-22H2,1-4H3. The van der Waals surface area contributed by atoms with Crippen molar-refractivity contribution in [3.63, 3.8) is 0 Å².